The van der Waals surface area contributed by atoms with E-state index in [0.717, 1.165) is 42.9 Å². The lowest BCUT2D eigenvalue weighted by Crippen LogP contribution is -2.50. The van der Waals surface area contributed by atoms with E-state index >= 15 is 0 Å². The van der Waals surface area contributed by atoms with Crippen LogP contribution in [0.25, 0.3) is 0 Å². The lowest BCUT2D eigenvalue weighted by molar-refractivity contribution is -0.121. The van der Waals surface area contributed by atoms with Crippen LogP contribution in [0.5, 0.6) is 0 Å². The standard InChI is InChI=1S/C19H27N5O.C2H6/c1-13-11-16-18(22-21-13)15-12-14(23-8-2-3-9-23)5-6-17(15)24(19(16)25)10-4-7-20;1-2/h5-6,12-13,16,21H,2-4,7-11,20H2,1H3;1-2H3. The fourth-order valence-corrected chi connectivity index (χ4v) is 4.16. The molecule has 27 heavy (non-hydrogen) atoms. The molecule has 2 unspecified atom stereocenters. The number of amides is 1. The predicted octanol–water partition coefficient (Wildman–Crippen LogP) is 2.71. The van der Waals surface area contributed by atoms with E-state index in [1.165, 1.54) is 18.5 Å². The molecule has 0 saturated carbocycles. The van der Waals surface area contributed by atoms with Gasteiger partial charge in [0.2, 0.25) is 5.91 Å². The number of benzene rings is 1. The van der Waals surface area contributed by atoms with Crippen LogP contribution in [0.2, 0.25) is 0 Å². The predicted molar refractivity (Wildman–Crippen MR) is 113 cm³/mol. The zero-order valence-electron chi connectivity index (χ0n) is 16.9. The minimum Gasteiger partial charge on any atom is -0.372 e. The number of rotatable bonds is 4. The summed E-state index contributed by atoms with van der Waals surface area (Å²) in [6.07, 6.45) is 4.11. The van der Waals surface area contributed by atoms with Gasteiger partial charge >= 0.3 is 0 Å². The van der Waals surface area contributed by atoms with Gasteiger partial charge in [-0.1, -0.05) is 13.8 Å². The second kappa shape index (κ2) is 8.74. The number of nitrogens with two attached hydrogens (primary N) is 1. The fraction of sp³-hybridized carbons (Fsp3) is 0.619. The van der Waals surface area contributed by atoms with E-state index in [0.29, 0.717) is 13.1 Å². The molecule has 1 aromatic rings. The Hall–Kier alpha value is -2.08. The number of anilines is 2. The SMILES string of the molecule is CC.CC1CC2C(=O)N(CCCN)c3ccc(N4CCCC4)cc3C2=NN1. The largest absolute Gasteiger partial charge is 0.372 e. The first-order chi connectivity index (χ1) is 13.2. The van der Waals surface area contributed by atoms with Gasteiger partial charge in [-0.05, 0) is 57.4 Å². The summed E-state index contributed by atoms with van der Waals surface area (Å²) in [7, 11) is 0. The lowest BCUT2D eigenvalue weighted by Gasteiger charge is -2.38. The van der Waals surface area contributed by atoms with Crippen molar-refractivity contribution in [2.45, 2.75) is 52.5 Å². The Balaban J connectivity index is 0.00000102. The molecule has 148 valence electrons. The topological polar surface area (TPSA) is 74.0 Å². The third-order valence-corrected chi connectivity index (χ3v) is 5.49. The van der Waals surface area contributed by atoms with Gasteiger partial charge in [0.1, 0.15) is 0 Å². The third-order valence-electron chi connectivity index (χ3n) is 5.49. The van der Waals surface area contributed by atoms with Crippen molar-refractivity contribution in [3.8, 4) is 0 Å². The van der Waals surface area contributed by atoms with Crippen LogP contribution < -0.4 is 21.0 Å². The molecule has 1 saturated heterocycles. The third kappa shape index (κ3) is 3.81. The molecule has 3 aliphatic heterocycles. The van der Waals surface area contributed by atoms with Crippen LogP contribution in [0.1, 0.15) is 52.0 Å². The molecule has 0 aliphatic carbocycles. The first-order valence-corrected chi connectivity index (χ1v) is 10.4. The fourth-order valence-electron chi connectivity index (χ4n) is 4.16. The molecule has 0 radical (unpaired) electrons. The monoisotopic (exact) mass is 371 g/mol. The zero-order valence-corrected chi connectivity index (χ0v) is 16.9. The minimum atomic E-state index is -0.143. The van der Waals surface area contributed by atoms with E-state index in [1.807, 2.05) is 18.7 Å². The highest BCUT2D eigenvalue weighted by Gasteiger charge is 2.40. The van der Waals surface area contributed by atoms with Gasteiger partial charge in [-0.15, -0.1) is 0 Å². The lowest BCUT2D eigenvalue weighted by atomic mass is 9.84. The Morgan fingerprint density at radius 2 is 2.00 bits per heavy atom. The van der Waals surface area contributed by atoms with Gasteiger partial charge in [-0.3, -0.25) is 4.79 Å². The average molecular weight is 372 g/mol. The molecule has 6 nitrogen and oxygen atoms in total. The van der Waals surface area contributed by atoms with Gasteiger partial charge < -0.3 is 21.0 Å². The number of nitrogens with zero attached hydrogens (tertiary/aromatic N) is 3. The number of carbonyl (C=O) groups excluding carboxylic acids is 1. The molecule has 4 rings (SSSR count). The number of hydrogen-bond donors (Lipinski definition) is 2. The second-order valence-corrected chi connectivity index (χ2v) is 7.34. The van der Waals surface area contributed by atoms with Crippen molar-refractivity contribution in [2.24, 2.45) is 16.8 Å². The molecular weight excluding hydrogens is 338 g/mol. The smallest absolute Gasteiger partial charge is 0.236 e. The highest BCUT2D eigenvalue weighted by atomic mass is 16.2. The van der Waals surface area contributed by atoms with E-state index in [9.17, 15) is 4.79 Å². The molecule has 6 heteroatoms. The highest BCUT2D eigenvalue weighted by Crippen LogP contribution is 2.37. The summed E-state index contributed by atoms with van der Waals surface area (Å²) in [5, 5.41) is 4.58. The maximum Gasteiger partial charge on any atom is 0.236 e. The van der Waals surface area contributed by atoms with Gasteiger partial charge in [0, 0.05) is 36.9 Å². The maximum atomic E-state index is 13.1. The summed E-state index contributed by atoms with van der Waals surface area (Å²) < 4.78 is 0. The molecule has 1 aromatic carbocycles. The van der Waals surface area contributed by atoms with Gasteiger partial charge in [0.25, 0.3) is 0 Å². The quantitative estimate of drug-likeness (QED) is 0.853. The molecule has 0 aromatic heterocycles. The summed E-state index contributed by atoms with van der Waals surface area (Å²) in [6, 6.07) is 6.68. The summed E-state index contributed by atoms with van der Waals surface area (Å²) >= 11 is 0. The van der Waals surface area contributed by atoms with Crippen molar-refractivity contribution in [2.75, 3.05) is 36.0 Å². The molecule has 3 heterocycles. The van der Waals surface area contributed by atoms with Crippen LogP contribution in [0.3, 0.4) is 0 Å². The average Bonchev–Trinajstić information content (AvgIpc) is 3.24. The van der Waals surface area contributed by atoms with E-state index < -0.39 is 0 Å². The first-order valence-electron chi connectivity index (χ1n) is 10.4. The number of hydrogen-bond acceptors (Lipinski definition) is 5. The van der Waals surface area contributed by atoms with Crippen molar-refractivity contribution in [3.05, 3.63) is 23.8 Å². The first kappa shape index (κ1) is 19.7. The van der Waals surface area contributed by atoms with E-state index in [-0.39, 0.29) is 17.9 Å². The summed E-state index contributed by atoms with van der Waals surface area (Å²) in [5.41, 5.74) is 13.1. The Labute approximate surface area is 162 Å². The highest BCUT2D eigenvalue weighted by molar-refractivity contribution is 6.24. The number of hydrazone groups is 1. The number of fused-ring (bicyclic) bond motifs is 3. The van der Waals surface area contributed by atoms with Crippen LogP contribution >= 0.6 is 0 Å². The Kier molecular flexibility index (Phi) is 6.37. The van der Waals surface area contributed by atoms with E-state index in [2.05, 4.69) is 40.5 Å². The van der Waals surface area contributed by atoms with Crippen LogP contribution in [0, 0.1) is 5.92 Å². The molecule has 1 fully saturated rings. The molecule has 0 bridgehead atoms. The van der Waals surface area contributed by atoms with Crippen LogP contribution in [0.15, 0.2) is 23.3 Å². The molecule has 1 amide bonds. The van der Waals surface area contributed by atoms with E-state index in [1.54, 1.807) is 0 Å². The van der Waals surface area contributed by atoms with Gasteiger partial charge in [0.15, 0.2) is 0 Å². The maximum absolute atomic E-state index is 13.1. The normalized spacial score (nSPS) is 23.7. The summed E-state index contributed by atoms with van der Waals surface area (Å²) in [6.45, 7) is 9.57. The van der Waals surface area contributed by atoms with Gasteiger partial charge in [-0.25, -0.2) is 0 Å². The summed E-state index contributed by atoms with van der Waals surface area (Å²) in [4.78, 5) is 17.4. The van der Waals surface area contributed by atoms with Crippen LogP contribution in [0.4, 0.5) is 11.4 Å². The van der Waals surface area contributed by atoms with Crippen molar-refractivity contribution >= 4 is 23.0 Å². The van der Waals surface area contributed by atoms with Crippen molar-refractivity contribution in [3.63, 3.8) is 0 Å². The molecule has 3 N–H and O–H groups in total. The Bertz CT molecular complexity index is 696. The second-order valence-electron chi connectivity index (χ2n) is 7.34. The van der Waals surface area contributed by atoms with Crippen LogP contribution in [-0.4, -0.2) is 43.8 Å². The Morgan fingerprint density at radius 1 is 1.26 bits per heavy atom. The van der Waals surface area contributed by atoms with Crippen molar-refractivity contribution in [1.82, 2.24) is 5.43 Å². The zero-order chi connectivity index (χ0) is 19.4. The van der Waals surface area contributed by atoms with Crippen molar-refractivity contribution in [1.29, 1.82) is 0 Å². The van der Waals surface area contributed by atoms with Crippen LogP contribution in [-0.2, 0) is 4.79 Å². The van der Waals surface area contributed by atoms with Gasteiger partial charge in [0.05, 0.1) is 17.3 Å². The molecule has 2 atom stereocenters. The molecule has 0 spiro atoms. The van der Waals surface area contributed by atoms with E-state index in [4.69, 9.17) is 5.73 Å². The minimum absolute atomic E-state index is 0.143. The Morgan fingerprint density at radius 3 is 2.70 bits per heavy atom. The molecular formula is C21H33N5O. The summed E-state index contributed by atoms with van der Waals surface area (Å²) in [5.74, 6) is 0.0253. The number of nitrogens with one attached hydrogen (secondary N) is 1. The van der Waals surface area contributed by atoms with Crippen molar-refractivity contribution < 1.29 is 4.79 Å². The molecule has 3 aliphatic rings. The number of carbonyl (C=O) groups is 1. The van der Waals surface area contributed by atoms with Gasteiger partial charge in [-0.2, -0.15) is 5.10 Å².